The molecular weight excluding hydrogens is 464 g/mol. The highest BCUT2D eigenvalue weighted by atomic mass is 16.5. The Kier molecular flexibility index (Phi) is 6.76. The minimum atomic E-state index is -0.337. The van der Waals surface area contributed by atoms with E-state index in [9.17, 15) is 9.59 Å². The number of aromatic nitrogens is 3. The summed E-state index contributed by atoms with van der Waals surface area (Å²) in [7, 11) is 0. The highest BCUT2D eigenvalue weighted by Gasteiger charge is 2.13. The minimum Gasteiger partial charge on any atom is -0.462 e. The van der Waals surface area contributed by atoms with E-state index in [1.54, 1.807) is 31.3 Å². The van der Waals surface area contributed by atoms with Crippen LogP contribution in [-0.4, -0.2) is 27.3 Å². The Balaban J connectivity index is 1.51. The summed E-state index contributed by atoms with van der Waals surface area (Å²) in [6, 6.07) is 26.7. The van der Waals surface area contributed by atoms with E-state index in [0.717, 1.165) is 33.3 Å². The van der Waals surface area contributed by atoms with Crippen LogP contribution in [0.1, 0.15) is 24.2 Å². The van der Waals surface area contributed by atoms with Gasteiger partial charge in [-0.1, -0.05) is 36.4 Å². The molecule has 0 amide bonds. The smallest absolute Gasteiger partial charge is 0.338 e. The lowest BCUT2D eigenvalue weighted by Gasteiger charge is -2.13. The third kappa shape index (κ3) is 4.97. The van der Waals surface area contributed by atoms with E-state index in [1.807, 2.05) is 73.7 Å². The molecule has 0 bridgehead atoms. The fraction of sp³-hybridized carbons (Fsp3) is 0.133. The summed E-state index contributed by atoms with van der Waals surface area (Å²) >= 11 is 0. The molecule has 7 nitrogen and oxygen atoms in total. The molecule has 5 rings (SSSR count). The molecule has 0 radical (unpaired) electrons. The van der Waals surface area contributed by atoms with Crippen molar-refractivity contribution in [1.29, 1.82) is 0 Å². The quantitative estimate of drug-likeness (QED) is 0.279. The Morgan fingerprint density at radius 1 is 0.865 bits per heavy atom. The molecule has 0 atom stereocenters. The summed E-state index contributed by atoms with van der Waals surface area (Å²) in [5.74, 6) is -0.337. The van der Waals surface area contributed by atoms with E-state index in [4.69, 9.17) is 4.74 Å². The Labute approximate surface area is 214 Å². The standard InChI is InChI=1S/C30H26N4O3/c1-3-34-29(35)28(32-26-12-6-11-25-24(26)10-7-17-31-25)19-27(33-34)23-9-5-8-22(18-23)20-13-15-21(16-14-20)30(36)37-4-2/h5-19,32H,3-4H2,1-2H3. The van der Waals surface area contributed by atoms with Crippen LogP contribution < -0.4 is 10.9 Å². The number of nitrogens with one attached hydrogen (secondary N) is 1. The summed E-state index contributed by atoms with van der Waals surface area (Å²) in [6.45, 7) is 4.45. The largest absolute Gasteiger partial charge is 0.462 e. The first-order chi connectivity index (χ1) is 18.1. The van der Waals surface area contributed by atoms with Crippen LogP contribution in [0.2, 0.25) is 0 Å². The van der Waals surface area contributed by atoms with Gasteiger partial charge in [-0.05, 0) is 73.5 Å². The zero-order valence-electron chi connectivity index (χ0n) is 20.6. The molecule has 5 aromatic rings. The van der Waals surface area contributed by atoms with Crippen molar-refractivity contribution in [2.75, 3.05) is 11.9 Å². The lowest BCUT2D eigenvalue weighted by Crippen LogP contribution is -2.24. The van der Waals surface area contributed by atoms with Crippen LogP contribution in [0, 0.1) is 0 Å². The molecule has 0 saturated carbocycles. The second-order valence-corrected chi connectivity index (χ2v) is 8.44. The maximum Gasteiger partial charge on any atom is 0.338 e. The predicted molar refractivity (Wildman–Crippen MR) is 146 cm³/mol. The molecule has 37 heavy (non-hydrogen) atoms. The summed E-state index contributed by atoms with van der Waals surface area (Å²) in [5, 5.41) is 8.85. The number of esters is 1. The van der Waals surface area contributed by atoms with Gasteiger partial charge in [0.2, 0.25) is 0 Å². The van der Waals surface area contributed by atoms with E-state index in [2.05, 4.69) is 15.4 Å². The van der Waals surface area contributed by atoms with Gasteiger partial charge in [-0.2, -0.15) is 5.10 Å². The van der Waals surface area contributed by atoms with E-state index in [1.165, 1.54) is 4.68 Å². The maximum absolute atomic E-state index is 13.1. The Bertz CT molecular complexity index is 1640. The second-order valence-electron chi connectivity index (χ2n) is 8.44. The van der Waals surface area contributed by atoms with Crippen LogP contribution in [-0.2, 0) is 11.3 Å². The number of benzene rings is 3. The number of hydrogen-bond donors (Lipinski definition) is 1. The van der Waals surface area contributed by atoms with Crippen molar-refractivity contribution in [2.45, 2.75) is 20.4 Å². The van der Waals surface area contributed by atoms with E-state index < -0.39 is 0 Å². The van der Waals surface area contributed by atoms with Crippen molar-refractivity contribution in [3.8, 4) is 22.4 Å². The van der Waals surface area contributed by atoms with Gasteiger partial charge in [0, 0.05) is 29.4 Å². The second kappa shape index (κ2) is 10.5. The van der Waals surface area contributed by atoms with Gasteiger partial charge in [-0.15, -0.1) is 0 Å². The third-order valence-electron chi connectivity index (χ3n) is 6.08. The van der Waals surface area contributed by atoms with Gasteiger partial charge in [0.1, 0.15) is 5.69 Å². The van der Waals surface area contributed by atoms with Gasteiger partial charge in [-0.25, -0.2) is 9.48 Å². The zero-order chi connectivity index (χ0) is 25.8. The molecule has 0 unspecified atom stereocenters. The van der Waals surface area contributed by atoms with Gasteiger partial charge in [0.15, 0.2) is 0 Å². The summed E-state index contributed by atoms with van der Waals surface area (Å²) in [6.07, 6.45) is 1.75. The molecule has 3 aromatic carbocycles. The number of rotatable bonds is 7. The van der Waals surface area contributed by atoms with Crippen molar-refractivity contribution >= 4 is 28.2 Å². The van der Waals surface area contributed by atoms with Crippen molar-refractivity contribution in [1.82, 2.24) is 14.8 Å². The molecule has 0 aliphatic rings. The molecule has 1 N–H and O–H groups in total. The molecule has 2 heterocycles. The molecule has 2 aromatic heterocycles. The average Bonchev–Trinajstić information content (AvgIpc) is 2.94. The number of pyridine rings is 1. The summed E-state index contributed by atoms with van der Waals surface area (Å²) < 4.78 is 6.54. The van der Waals surface area contributed by atoms with Crippen LogP contribution in [0.3, 0.4) is 0 Å². The van der Waals surface area contributed by atoms with Crippen LogP contribution in [0.25, 0.3) is 33.3 Å². The number of hydrogen-bond acceptors (Lipinski definition) is 6. The topological polar surface area (TPSA) is 86.1 Å². The zero-order valence-corrected chi connectivity index (χ0v) is 20.6. The van der Waals surface area contributed by atoms with Crippen molar-refractivity contribution in [3.63, 3.8) is 0 Å². The number of ether oxygens (including phenoxy) is 1. The van der Waals surface area contributed by atoms with E-state index >= 15 is 0 Å². The minimum absolute atomic E-state index is 0.196. The first-order valence-electron chi connectivity index (χ1n) is 12.2. The van der Waals surface area contributed by atoms with Gasteiger partial charge in [0.25, 0.3) is 5.56 Å². The summed E-state index contributed by atoms with van der Waals surface area (Å²) in [4.78, 5) is 29.5. The SMILES string of the molecule is CCOC(=O)c1ccc(-c2cccc(-c3cc(Nc4cccc5ncccc45)c(=O)n(CC)n3)c2)cc1. The van der Waals surface area contributed by atoms with Crippen LogP contribution >= 0.6 is 0 Å². The molecule has 7 heteroatoms. The average molecular weight is 491 g/mol. The highest BCUT2D eigenvalue weighted by molar-refractivity contribution is 5.93. The number of fused-ring (bicyclic) bond motifs is 1. The van der Waals surface area contributed by atoms with Crippen LogP contribution in [0.5, 0.6) is 0 Å². The monoisotopic (exact) mass is 490 g/mol. The van der Waals surface area contributed by atoms with Gasteiger partial charge in [0.05, 0.1) is 23.4 Å². The van der Waals surface area contributed by atoms with Gasteiger partial charge >= 0.3 is 5.97 Å². The lowest BCUT2D eigenvalue weighted by atomic mass is 10.0. The first-order valence-corrected chi connectivity index (χ1v) is 12.2. The van der Waals surface area contributed by atoms with E-state index in [0.29, 0.717) is 30.1 Å². The molecule has 184 valence electrons. The molecular formula is C30H26N4O3. The normalized spacial score (nSPS) is 10.9. The molecule has 0 spiro atoms. The Morgan fingerprint density at radius 3 is 2.43 bits per heavy atom. The van der Waals surface area contributed by atoms with Gasteiger partial charge < -0.3 is 10.1 Å². The Morgan fingerprint density at radius 2 is 1.65 bits per heavy atom. The van der Waals surface area contributed by atoms with Crippen molar-refractivity contribution < 1.29 is 9.53 Å². The number of anilines is 2. The fourth-order valence-electron chi connectivity index (χ4n) is 4.22. The maximum atomic E-state index is 13.1. The van der Waals surface area contributed by atoms with Crippen LogP contribution in [0.4, 0.5) is 11.4 Å². The van der Waals surface area contributed by atoms with Gasteiger partial charge in [-0.3, -0.25) is 9.78 Å². The Hall–Kier alpha value is -4.78. The van der Waals surface area contributed by atoms with Crippen molar-refractivity contribution in [2.24, 2.45) is 0 Å². The molecule has 0 aliphatic heterocycles. The fourth-order valence-corrected chi connectivity index (χ4v) is 4.22. The van der Waals surface area contributed by atoms with E-state index in [-0.39, 0.29) is 11.5 Å². The number of carbonyl (C=O) groups excluding carboxylic acids is 1. The first kappa shape index (κ1) is 23.9. The lowest BCUT2D eigenvalue weighted by molar-refractivity contribution is 0.0526. The number of aryl methyl sites for hydroxylation is 1. The molecule has 0 saturated heterocycles. The molecule has 0 aliphatic carbocycles. The van der Waals surface area contributed by atoms with Crippen molar-refractivity contribution in [3.05, 3.63) is 107 Å². The highest BCUT2D eigenvalue weighted by Crippen LogP contribution is 2.28. The third-order valence-corrected chi connectivity index (χ3v) is 6.08. The molecule has 0 fully saturated rings. The number of nitrogens with zero attached hydrogens (tertiary/aromatic N) is 3. The number of carbonyl (C=O) groups is 1. The summed E-state index contributed by atoms with van der Waals surface area (Å²) in [5.41, 5.74) is 5.88. The van der Waals surface area contributed by atoms with Crippen LogP contribution in [0.15, 0.2) is 95.9 Å². The predicted octanol–water partition coefficient (Wildman–Crippen LogP) is 6.07.